The molecule has 1 heterocycles. The van der Waals surface area contributed by atoms with Crippen LogP contribution in [0.1, 0.15) is 51.9 Å². The number of carbonyl (C=O) groups excluding carboxylic acids is 1. The Hall–Kier alpha value is -1.10. The molecule has 0 aliphatic carbocycles. The van der Waals surface area contributed by atoms with Gasteiger partial charge in [0, 0.05) is 6.54 Å². The van der Waals surface area contributed by atoms with Crippen LogP contribution in [0, 0.1) is 0 Å². The molecular formula is C13H24N2O3. The van der Waals surface area contributed by atoms with Gasteiger partial charge in [-0.2, -0.15) is 0 Å². The summed E-state index contributed by atoms with van der Waals surface area (Å²) in [6, 6.07) is -1.25. The number of nitrogens with zero attached hydrogens (tertiary/aromatic N) is 1. The normalized spacial score (nSPS) is 23.0. The molecule has 0 aromatic heterocycles. The first-order valence-corrected chi connectivity index (χ1v) is 6.86. The molecule has 104 valence electrons. The van der Waals surface area contributed by atoms with Crippen molar-refractivity contribution < 1.29 is 14.7 Å². The van der Waals surface area contributed by atoms with Crippen molar-refractivity contribution >= 4 is 11.9 Å². The Balaban J connectivity index is 2.76. The van der Waals surface area contributed by atoms with Gasteiger partial charge >= 0.3 is 5.97 Å². The maximum atomic E-state index is 12.2. The lowest BCUT2D eigenvalue weighted by atomic mass is 10.0. The van der Waals surface area contributed by atoms with Crippen LogP contribution in [0.3, 0.4) is 0 Å². The van der Waals surface area contributed by atoms with E-state index in [1.54, 1.807) is 0 Å². The second-order valence-electron chi connectivity index (χ2n) is 4.98. The Morgan fingerprint density at radius 3 is 2.61 bits per heavy atom. The molecule has 5 heteroatoms. The zero-order valence-electron chi connectivity index (χ0n) is 11.1. The molecule has 0 saturated carbocycles. The first-order valence-electron chi connectivity index (χ1n) is 6.86. The minimum Gasteiger partial charge on any atom is -0.480 e. The van der Waals surface area contributed by atoms with Crippen molar-refractivity contribution in [1.82, 2.24) is 4.90 Å². The monoisotopic (exact) mass is 256 g/mol. The smallest absolute Gasteiger partial charge is 0.326 e. The van der Waals surface area contributed by atoms with Crippen LogP contribution in [-0.2, 0) is 9.59 Å². The lowest BCUT2D eigenvalue weighted by Gasteiger charge is -2.32. The topological polar surface area (TPSA) is 83.6 Å². The average Bonchev–Trinajstić information content (AvgIpc) is 2.27. The summed E-state index contributed by atoms with van der Waals surface area (Å²) in [4.78, 5) is 25.0. The number of carboxylic acid groups (broad SMARTS) is 1. The van der Waals surface area contributed by atoms with Crippen LogP contribution in [0.25, 0.3) is 0 Å². The molecule has 3 N–H and O–H groups in total. The average molecular weight is 256 g/mol. The molecule has 0 radical (unpaired) electrons. The van der Waals surface area contributed by atoms with Gasteiger partial charge < -0.3 is 15.7 Å². The van der Waals surface area contributed by atoms with Gasteiger partial charge in [0.2, 0.25) is 5.91 Å². The zero-order chi connectivity index (χ0) is 13.5. The number of aliphatic carboxylic acids is 1. The van der Waals surface area contributed by atoms with Gasteiger partial charge in [-0.25, -0.2) is 4.79 Å². The van der Waals surface area contributed by atoms with Gasteiger partial charge in [-0.3, -0.25) is 4.79 Å². The van der Waals surface area contributed by atoms with Crippen molar-refractivity contribution in [3.63, 3.8) is 0 Å². The van der Waals surface area contributed by atoms with E-state index in [0.717, 1.165) is 32.1 Å². The van der Waals surface area contributed by atoms with E-state index in [2.05, 4.69) is 0 Å². The molecule has 0 aromatic carbocycles. The highest BCUT2D eigenvalue weighted by Crippen LogP contribution is 2.18. The van der Waals surface area contributed by atoms with Crippen molar-refractivity contribution in [3.8, 4) is 0 Å². The van der Waals surface area contributed by atoms with Crippen molar-refractivity contribution in [1.29, 1.82) is 0 Å². The van der Waals surface area contributed by atoms with Gasteiger partial charge in [-0.1, -0.05) is 32.6 Å². The van der Waals surface area contributed by atoms with Gasteiger partial charge in [0.15, 0.2) is 0 Å². The number of carboxylic acids is 1. The van der Waals surface area contributed by atoms with Crippen LogP contribution in [0.15, 0.2) is 0 Å². The van der Waals surface area contributed by atoms with E-state index in [-0.39, 0.29) is 5.91 Å². The minimum atomic E-state index is -0.908. The Kier molecular flexibility index (Phi) is 6.12. The third-order valence-corrected chi connectivity index (χ3v) is 3.49. The first-order chi connectivity index (χ1) is 8.57. The number of carbonyl (C=O) groups is 2. The number of likely N-dealkylation sites (tertiary alicyclic amines) is 1. The van der Waals surface area contributed by atoms with Crippen LogP contribution in [-0.4, -0.2) is 40.5 Å². The Morgan fingerprint density at radius 2 is 2.00 bits per heavy atom. The van der Waals surface area contributed by atoms with E-state index in [9.17, 15) is 14.7 Å². The SMILES string of the molecule is CCC[C@@H](N)C(=O)N1CCCCCCC1C(=O)O. The highest BCUT2D eigenvalue weighted by molar-refractivity contribution is 5.86. The molecule has 1 saturated heterocycles. The summed E-state index contributed by atoms with van der Waals surface area (Å²) < 4.78 is 0. The molecule has 0 spiro atoms. The highest BCUT2D eigenvalue weighted by atomic mass is 16.4. The zero-order valence-corrected chi connectivity index (χ0v) is 11.1. The van der Waals surface area contributed by atoms with Gasteiger partial charge in [-0.15, -0.1) is 0 Å². The summed E-state index contributed by atoms with van der Waals surface area (Å²) in [5.74, 6) is -1.11. The standard InChI is InChI=1S/C13H24N2O3/c1-2-7-10(14)12(16)15-9-6-4-3-5-8-11(15)13(17)18/h10-11H,2-9,14H2,1H3,(H,17,18)/t10-,11?/m1/s1. The Morgan fingerprint density at radius 1 is 1.33 bits per heavy atom. The van der Waals surface area contributed by atoms with Crippen LogP contribution in [0.4, 0.5) is 0 Å². The van der Waals surface area contributed by atoms with Crippen LogP contribution in [0.2, 0.25) is 0 Å². The molecule has 2 atom stereocenters. The fourth-order valence-electron chi connectivity index (χ4n) is 2.45. The maximum absolute atomic E-state index is 12.2. The van der Waals surface area contributed by atoms with Gasteiger partial charge in [0.1, 0.15) is 6.04 Å². The number of nitrogens with two attached hydrogens (primary N) is 1. The molecule has 1 aliphatic heterocycles. The van der Waals surface area contributed by atoms with Crippen LogP contribution >= 0.6 is 0 Å². The lowest BCUT2D eigenvalue weighted by molar-refractivity contribution is -0.151. The van der Waals surface area contributed by atoms with Crippen molar-refractivity contribution in [3.05, 3.63) is 0 Å². The second-order valence-corrected chi connectivity index (χ2v) is 4.98. The first kappa shape index (κ1) is 15.0. The Labute approximate surface area is 108 Å². The fourth-order valence-corrected chi connectivity index (χ4v) is 2.45. The molecule has 1 aliphatic rings. The molecule has 1 fully saturated rings. The molecule has 1 amide bonds. The van der Waals surface area contributed by atoms with Gasteiger partial charge in [0.25, 0.3) is 0 Å². The number of amides is 1. The Bertz CT molecular complexity index is 294. The summed E-state index contributed by atoms with van der Waals surface area (Å²) in [5.41, 5.74) is 5.83. The predicted molar refractivity (Wildman–Crippen MR) is 69.1 cm³/mol. The summed E-state index contributed by atoms with van der Waals surface area (Å²) in [6.45, 7) is 2.49. The minimum absolute atomic E-state index is 0.203. The van der Waals surface area contributed by atoms with Gasteiger partial charge in [-0.05, 0) is 19.3 Å². The summed E-state index contributed by atoms with van der Waals surface area (Å²) in [7, 11) is 0. The number of rotatable bonds is 4. The molecular weight excluding hydrogens is 232 g/mol. The van der Waals surface area contributed by atoms with Gasteiger partial charge in [0.05, 0.1) is 6.04 Å². The van der Waals surface area contributed by atoms with E-state index < -0.39 is 18.1 Å². The summed E-state index contributed by atoms with van der Waals surface area (Å²) >= 11 is 0. The maximum Gasteiger partial charge on any atom is 0.326 e. The molecule has 1 unspecified atom stereocenters. The molecule has 0 bridgehead atoms. The van der Waals surface area contributed by atoms with Crippen LogP contribution in [0.5, 0.6) is 0 Å². The third kappa shape index (κ3) is 3.98. The number of hydrogen-bond donors (Lipinski definition) is 2. The van der Waals surface area contributed by atoms with E-state index in [4.69, 9.17) is 5.73 Å². The van der Waals surface area contributed by atoms with Crippen LogP contribution < -0.4 is 5.73 Å². The van der Waals surface area contributed by atoms with E-state index >= 15 is 0 Å². The molecule has 0 aromatic rings. The molecule has 18 heavy (non-hydrogen) atoms. The largest absolute Gasteiger partial charge is 0.480 e. The second kappa shape index (κ2) is 7.36. The van der Waals surface area contributed by atoms with E-state index in [0.29, 0.717) is 19.4 Å². The quantitative estimate of drug-likeness (QED) is 0.795. The van der Waals surface area contributed by atoms with Crippen molar-refractivity contribution in [2.45, 2.75) is 64.0 Å². The van der Waals surface area contributed by atoms with E-state index in [1.165, 1.54) is 4.90 Å². The lowest BCUT2D eigenvalue weighted by Crippen LogP contribution is -2.52. The number of hydrogen-bond acceptors (Lipinski definition) is 3. The summed E-state index contributed by atoms with van der Waals surface area (Å²) in [5, 5.41) is 9.25. The molecule has 1 rings (SSSR count). The molecule has 5 nitrogen and oxygen atoms in total. The van der Waals surface area contributed by atoms with Crippen molar-refractivity contribution in [2.24, 2.45) is 5.73 Å². The van der Waals surface area contributed by atoms with E-state index in [1.807, 2.05) is 6.92 Å². The van der Waals surface area contributed by atoms with Crippen molar-refractivity contribution in [2.75, 3.05) is 6.54 Å². The predicted octanol–water partition coefficient (Wildman–Crippen LogP) is 1.36. The third-order valence-electron chi connectivity index (χ3n) is 3.49. The highest BCUT2D eigenvalue weighted by Gasteiger charge is 2.32. The summed E-state index contributed by atoms with van der Waals surface area (Å²) in [6.07, 6.45) is 5.82. The fraction of sp³-hybridized carbons (Fsp3) is 0.846.